The number of hydrogen-bond acceptors (Lipinski definition) is 5. The minimum Gasteiger partial charge on any atom is -0.489 e. The molecule has 3 amide bonds. The van der Waals surface area contributed by atoms with E-state index in [0.29, 0.717) is 36.0 Å². The van der Waals surface area contributed by atoms with Gasteiger partial charge in [-0.2, -0.15) is 0 Å². The lowest BCUT2D eigenvalue weighted by atomic mass is 10.0. The molecular weight excluding hydrogens is 530 g/mol. The monoisotopic (exact) mass is 565 g/mol. The van der Waals surface area contributed by atoms with Crippen LogP contribution in [0, 0.1) is 5.92 Å². The Bertz CT molecular complexity index is 1440. The van der Waals surface area contributed by atoms with Crippen molar-refractivity contribution in [2.24, 2.45) is 11.7 Å². The van der Waals surface area contributed by atoms with Gasteiger partial charge in [-0.25, -0.2) is 0 Å². The van der Waals surface area contributed by atoms with Crippen LogP contribution in [0.15, 0.2) is 109 Å². The van der Waals surface area contributed by atoms with Gasteiger partial charge in [0, 0.05) is 24.4 Å². The molecule has 4 aromatic rings. The van der Waals surface area contributed by atoms with Gasteiger partial charge in [-0.15, -0.1) is 0 Å². The molecule has 4 aromatic carbocycles. The van der Waals surface area contributed by atoms with Gasteiger partial charge in [-0.1, -0.05) is 67.6 Å². The number of benzene rings is 4. The molecule has 4 rings (SSSR count). The van der Waals surface area contributed by atoms with E-state index in [1.54, 1.807) is 31.2 Å². The van der Waals surface area contributed by atoms with Gasteiger partial charge in [-0.3, -0.25) is 14.4 Å². The minimum absolute atomic E-state index is 0.0751. The van der Waals surface area contributed by atoms with Gasteiger partial charge in [-0.05, 0) is 66.1 Å². The lowest BCUT2D eigenvalue weighted by Crippen LogP contribution is -2.45. The van der Waals surface area contributed by atoms with E-state index in [0.717, 1.165) is 11.1 Å². The SMILES string of the molecule is CC(CCC(=O)NC(Cc1ccc(OCc2ccccc2)cc1)C(=O)Nc1ccc(Oc2ccccc2)cc1)C(N)=O. The normalized spacial score (nSPS) is 12.0. The first-order valence-corrected chi connectivity index (χ1v) is 13.8. The second kappa shape index (κ2) is 15.0. The maximum Gasteiger partial charge on any atom is 0.247 e. The Morgan fingerprint density at radius 2 is 1.33 bits per heavy atom. The van der Waals surface area contributed by atoms with Crippen molar-refractivity contribution in [3.8, 4) is 17.2 Å². The summed E-state index contributed by atoms with van der Waals surface area (Å²) >= 11 is 0. The van der Waals surface area contributed by atoms with Crippen molar-refractivity contribution in [1.82, 2.24) is 5.32 Å². The zero-order valence-corrected chi connectivity index (χ0v) is 23.5. The van der Waals surface area contributed by atoms with Crippen LogP contribution in [0.4, 0.5) is 5.69 Å². The molecule has 0 aromatic heterocycles. The fourth-order valence-electron chi connectivity index (χ4n) is 4.12. The number of ether oxygens (including phenoxy) is 2. The van der Waals surface area contributed by atoms with Gasteiger partial charge in [0.15, 0.2) is 0 Å². The molecule has 8 nitrogen and oxygen atoms in total. The van der Waals surface area contributed by atoms with E-state index in [2.05, 4.69) is 10.6 Å². The number of rotatable bonds is 14. The number of carbonyl (C=O) groups is 3. The van der Waals surface area contributed by atoms with Crippen molar-refractivity contribution in [2.75, 3.05) is 5.32 Å². The number of nitrogens with two attached hydrogens (primary N) is 1. The third-order valence-electron chi connectivity index (χ3n) is 6.65. The Hall–Kier alpha value is -5.11. The van der Waals surface area contributed by atoms with E-state index >= 15 is 0 Å². The highest BCUT2D eigenvalue weighted by Crippen LogP contribution is 2.23. The second-order valence-electron chi connectivity index (χ2n) is 10.0. The summed E-state index contributed by atoms with van der Waals surface area (Å²) in [5.74, 6) is 0.423. The third kappa shape index (κ3) is 9.52. The first kappa shape index (κ1) is 29.9. The summed E-state index contributed by atoms with van der Waals surface area (Å²) in [5, 5.41) is 5.71. The molecule has 42 heavy (non-hydrogen) atoms. The maximum atomic E-state index is 13.3. The summed E-state index contributed by atoms with van der Waals surface area (Å²) in [4.78, 5) is 37.5. The van der Waals surface area contributed by atoms with Crippen LogP contribution in [0.25, 0.3) is 0 Å². The average Bonchev–Trinajstić information content (AvgIpc) is 3.01. The number of primary amides is 1. The van der Waals surface area contributed by atoms with E-state index in [9.17, 15) is 14.4 Å². The first-order chi connectivity index (χ1) is 20.4. The summed E-state index contributed by atoms with van der Waals surface area (Å²) < 4.78 is 11.7. The van der Waals surface area contributed by atoms with Crippen LogP contribution >= 0.6 is 0 Å². The maximum absolute atomic E-state index is 13.3. The average molecular weight is 566 g/mol. The molecule has 4 N–H and O–H groups in total. The highest BCUT2D eigenvalue weighted by Gasteiger charge is 2.22. The van der Waals surface area contributed by atoms with Crippen LogP contribution in [-0.4, -0.2) is 23.8 Å². The molecule has 0 saturated carbocycles. The van der Waals surface area contributed by atoms with E-state index in [1.807, 2.05) is 84.9 Å². The topological polar surface area (TPSA) is 120 Å². The summed E-state index contributed by atoms with van der Waals surface area (Å²) in [7, 11) is 0. The van der Waals surface area contributed by atoms with Crippen LogP contribution in [0.1, 0.15) is 30.9 Å². The van der Waals surface area contributed by atoms with Crippen LogP contribution < -0.4 is 25.8 Å². The minimum atomic E-state index is -0.849. The molecule has 0 bridgehead atoms. The summed E-state index contributed by atoms with van der Waals surface area (Å²) in [5.41, 5.74) is 7.80. The van der Waals surface area contributed by atoms with Crippen molar-refractivity contribution >= 4 is 23.4 Å². The van der Waals surface area contributed by atoms with Crippen LogP contribution in [0.2, 0.25) is 0 Å². The van der Waals surface area contributed by atoms with Gasteiger partial charge in [0.25, 0.3) is 0 Å². The quantitative estimate of drug-likeness (QED) is 0.183. The molecule has 2 atom stereocenters. The summed E-state index contributed by atoms with van der Waals surface area (Å²) in [6.07, 6.45) is 0.634. The van der Waals surface area contributed by atoms with Gasteiger partial charge in [0.2, 0.25) is 17.7 Å². The zero-order valence-electron chi connectivity index (χ0n) is 23.5. The van der Waals surface area contributed by atoms with Gasteiger partial charge in [0.1, 0.15) is 29.9 Å². The van der Waals surface area contributed by atoms with Crippen molar-refractivity contribution < 1.29 is 23.9 Å². The van der Waals surface area contributed by atoms with E-state index < -0.39 is 17.9 Å². The standard InChI is InChI=1S/C34H35N3O5/c1-24(33(35)39)12-21-32(38)37-31(22-25-13-17-28(18-14-25)41-23-26-8-4-2-5-9-26)34(40)36-27-15-19-30(20-16-27)42-29-10-6-3-7-11-29/h2-11,13-20,24,31H,12,21-23H2,1H3,(H2,35,39)(H,36,40)(H,37,38). The zero-order chi connectivity index (χ0) is 29.7. The van der Waals surface area contributed by atoms with Crippen molar-refractivity contribution in [1.29, 1.82) is 0 Å². The Morgan fingerprint density at radius 3 is 1.98 bits per heavy atom. The molecule has 2 unspecified atom stereocenters. The Labute approximate surface area is 245 Å². The molecule has 0 aliphatic rings. The fourth-order valence-corrected chi connectivity index (χ4v) is 4.12. The predicted molar refractivity (Wildman–Crippen MR) is 162 cm³/mol. The van der Waals surface area contributed by atoms with E-state index in [-0.39, 0.29) is 24.7 Å². The second-order valence-corrected chi connectivity index (χ2v) is 10.0. The number of amides is 3. The van der Waals surface area contributed by atoms with Crippen LogP contribution in [0.3, 0.4) is 0 Å². The number of para-hydroxylation sites is 1. The number of hydrogen-bond donors (Lipinski definition) is 3. The Kier molecular flexibility index (Phi) is 10.7. The highest BCUT2D eigenvalue weighted by atomic mass is 16.5. The first-order valence-electron chi connectivity index (χ1n) is 13.8. The summed E-state index contributed by atoms with van der Waals surface area (Å²) in [6.45, 7) is 2.12. The molecule has 0 heterocycles. The lowest BCUT2D eigenvalue weighted by molar-refractivity contribution is -0.127. The number of anilines is 1. The highest BCUT2D eigenvalue weighted by molar-refractivity contribution is 5.97. The molecule has 0 spiro atoms. The summed E-state index contributed by atoms with van der Waals surface area (Å²) in [6, 6.07) is 32.8. The Balaban J connectivity index is 1.40. The smallest absolute Gasteiger partial charge is 0.247 e. The molecule has 0 radical (unpaired) electrons. The molecule has 0 fully saturated rings. The van der Waals surface area contributed by atoms with E-state index in [1.165, 1.54) is 0 Å². The molecule has 216 valence electrons. The van der Waals surface area contributed by atoms with Crippen molar-refractivity contribution in [3.05, 3.63) is 120 Å². The van der Waals surface area contributed by atoms with Crippen LogP contribution in [-0.2, 0) is 27.4 Å². The molecular formula is C34H35N3O5. The van der Waals surface area contributed by atoms with E-state index in [4.69, 9.17) is 15.2 Å². The number of nitrogens with one attached hydrogen (secondary N) is 2. The Morgan fingerprint density at radius 1 is 0.738 bits per heavy atom. The fraction of sp³-hybridized carbons (Fsp3) is 0.206. The molecule has 0 aliphatic carbocycles. The predicted octanol–water partition coefficient (Wildman–Crippen LogP) is 5.63. The van der Waals surface area contributed by atoms with Crippen LogP contribution in [0.5, 0.6) is 17.2 Å². The molecule has 0 saturated heterocycles. The molecule has 8 heteroatoms. The third-order valence-corrected chi connectivity index (χ3v) is 6.65. The van der Waals surface area contributed by atoms with Gasteiger partial charge < -0.3 is 25.8 Å². The van der Waals surface area contributed by atoms with Crippen molar-refractivity contribution in [2.45, 2.75) is 38.8 Å². The van der Waals surface area contributed by atoms with Gasteiger partial charge in [0.05, 0.1) is 0 Å². The van der Waals surface area contributed by atoms with Gasteiger partial charge >= 0.3 is 0 Å². The molecule has 0 aliphatic heterocycles. The largest absolute Gasteiger partial charge is 0.489 e. The lowest BCUT2D eigenvalue weighted by Gasteiger charge is -2.19. The van der Waals surface area contributed by atoms with Crippen molar-refractivity contribution in [3.63, 3.8) is 0 Å². The number of carbonyl (C=O) groups excluding carboxylic acids is 3.